The molecular formula is C16H32N2O. The third-order valence-corrected chi connectivity index (χ3v) is 3.61. The Morgan fingerprint density at radius 2 is 1.74 bits per heavy atom. The molecule has 0 spiro atoms. The van der Waals surface area contributed by atoms with Crippen LogP contribution in [-0.4, -0.2) is 24.0 Å². The van der Waals surface area contributed by atoms with Crippen LogP contribution in [0.1, 0.15) is 67.2 Å². The van der Waals surface area contributed by atoms with Crippen molar-refractivity contribution in [1.82, 2.24) is 10.6 Å². The van der Waals surface area contributed by atoms with Gasteiger partial charge in [0.2, 0.25) is 5.91 Å². The maximum Gasteiger partial charge on any atom is 0.223 e. The van der Waals surface area contributed by atoms with Crippen molar-refractivity contribution >= 4 is 5.91 Å². The Labute approximate surface area is 118 Å². The van der Waals surface area contributed by atoms with Gasteiger partial charge >= 0.3 is 0 Å². The number of carbonyl (C=O) groups is 1. The molecule has 1 fully saturated rings. The number of rotatable bonds is 4. The van der Waals surface area contributed by atoms with Gasteiger partial charge in [0.15, 0.2) is 0 Å². The van der Waals surface area contributed by atoms with Gasteiger partial charge in [-0.3, -0.25) is 4.79 Å². The second kappa shape index (κ2) is 6.25. The van der Waals surface area contributed by atoms with E-state index in [1.165, 1.54) is 0 Å². The Hall–Kier alpha value is -0.570. The molecule has 2 atom stereocenters. The quantitative estimate of drug-likeness (QED) is 0.822. The maximum atomic E-state index is 12.1. The third kappa shape index (κ3) is 6.95. The Morgan fingerprint density at radius 3 is 2.26 bits per heavy atom. The van der Waals surface area contributed by atoms with Crippen molar-refractivity contribution < 1.29 is 4.79 Å². The number of carbonyl (C=O) groups excluding carboxylic acids is 1. The highest BCUT2D eigenvalue weighted by Gasteiger charge is 2.31. The van der Waals surface area contributed by atoms with Crippen molar-refractivity contribution in [2.45, 2.75) is 78.8 Å². The standard InChI is InChI=1S/C16H32N2O/c1-15(2,3)9-10-17-14(19)12-7-8-13(11-12)18-16(4,5)6/h12-13,18H,7-11H2,1-6H3,(H,17,19)/t12-,13-/m0/s1. The van der Waals surface area contributed by atoms with E-state index in [0.29, 0.717) is 11.5 Å². The van der Waals surface area contributed by atoms with E-state index in [9.17, 15) is 4.79 Å². The number of nitrogens with one attached hydrogen (secondary N) is 2. The molecule has 112 valence electrons. The summed E-state index contributed by atoms with van der Waals surface area (Å²) in [5.74, 6) is 0.460. The summed E-state index contributed by atoms with van der Waals surface area (Å²) >= 11 is 0. The van der Waals surface area contributed by atoms with E-state index in [0.717, 1.165) is 32.2 Å². The first-order valence-electron chi connectivity index (χ1n) is 7.62. The molecule has 2 N–H and O–H groups in total. The SMILES string of the molecule is CC(C)(C)CCNC(=O)[C@H]1CC[C@H](NC(C)(C)C)C1. The first-order chi connectivity index (χ1) is 8.57. The van der Waals surface area contributed by atoms with Crippen molar-refractivity contribution in [3.63, 3.8) is 0 Å². The van der Waals surface area contributed by atoms with E-state index in [1.54, 1.807) is 0 Å². The summed E-state index contributed by atoms with van der Waals surface area (Å²) in [4.78, 5) is 12.1. The molecule has 0 radical (unpaired) electrons. The lowest BCUT2D eigenvalue weighted by Gasteiger charge is -2.26. The van der Waals surface area contributed by atoms with Crippen molar-refractivity contribution in [3.05, 3.63) is 0 Å². The van der Waals surface area contributed by atoms with E-state index in [4.69, 9.17) is 0 Å². The zero-order valence-corrected chi connectivity index (χ0v) is 13.6. The van der Waals surface area contributed by atoms with E-state index in [1.807, 2.05) is 0 Å². The maximum absolute atomic E-state index is 12.1. The molecule has 1 rings (SSSR count). The minimum absolute atomic E-state index is 0.141. The summed E-state index contributed by atoms with van der Waals surface area (Å²) in [5.41, 5.74) is 0.432. The van der Waals surface area contributed by atoms with Crippen molar-refractivity contribution in [1.29, 1.82) is 0 Å². The summed E-state index contributed by atoms with van der Waals surface area (Å²) in [7, 11) is 0. The van der Waals surface area contributed by atoms with Crippen LogP contribution in [0.15, 0.2) is 0 Å². The zero-order valence-electron chi connectivity index (χ0n) is 13.6. The van der Waals surface area contributed by atoms with E-state index < -0.39 is 0 Å². The van der Waals surface area contributed by atoms with Crippen LogP contribution in [0.4, 0.5) is 0 Å². The highest BCUT2D eigenvalue weighted by Crippen LogP contribution is 2.27. The van der Waals surface area contributed by atoms with E-state index in [-0.39, 0.29) is 17.4 Å². The lowest BCUT2D eigenvalue weighted by molar-refractivity contribution is -0.124. The molecule has 3 heteroatoms. The van der Waals surface area contributed by atoms with Crippen molar-refractivity contribution in [3.8, 4) is 0 Å². The molecule has 3 nitrogen and oxygen atoms in total. The second-order valence-electron chi connectivity index (χ2n) is 8.20. The molecule has 0 aromatic heterocycles. The monoisotopic (exact) mass is 268 g/mol. The number of hydrogen-bond donors (Lipinski definition) is 2. The third-order valence-electron chi connectivity index (χ3n) is 3.61. The Morgan fingerprint density at radius 1 is 1.11 bits per heavy atom. The van der Waals surface area contributed by atoms with Crippen LogP contribution in [0.2, 0.25) is 0 Å². The summed E-state index contributed by atoms with van der Waals surface area (Å²) in [6, 6.07) is 0.498. The predicted octanol–water partition coefficient (Wildman–Crippen LogP) is 3.10. The summed E-state index contributed by atoms with van der Waals surface area (Å²) in [6.45, 7) is 14.0. The van der Waals surface area contributed by atoms with Gasteiger partial charge in [0.05, 0.1) is 0 Å². The number of hydrogen-bond acceptors (Lipinski definition) is 2. The molecule has 0 aliphatic heterocycles. The predicted molar refractivity (Wildman–Crippen MR) is 81.1 cm³/mol. The van der Waals surface area contributed by atoms with Gasteiger partial charge < -0.3 is 10.6 Å². The topological polar surface area (TPSA) is 41.1 Å². The van der Waals surface area contributed by atoms with Gasteiger partial charge in [0.1, 0.15) is 0 Å². The summed E-state index contributed by atoms with van der Waals surface area (Å²) in [5, 5.41) is 6.70. The molecule has 1 amide bonds. The average molecular weight is 268 g/mol. The molecule has 1 aliphatic carbocycles. The number of amides is 1. The van der Waals surface area contributed by atoms with Crippen LogP contribution in [0.25, 0.3) is 0 Å². The average Bonchev–Trinajstić information content (AvgIpc) is 2.61. The minimum Gasteiger partial charge on any atom is -0.356 e. The van der Waals surface area contributed by atoms with Crippen LogP contribution in [0, 0.1) is 11.3 Å². The molecule has 1 saturated carbocycles. The van der Waals surface area contributed by atoms with Crippen molar-refractivity contribution in [2.75, 3.05) is 6.54 Å². The molecule has 0 bridgehead atoms. The van der Waals surface area contributed by atoms with Crippen LogP contribution in [-0.2, 0) is 4.79 Å². The molecule has 0 aromatic rings. The first kappa shape index (κ1) is 16.5. The second-order valence-corrected chi connectivity index (χ2v) is 8.20. The van der Waals surface area contributed by atoms with Gasteiger partial charge in [0.25, 0.3) is 0 Å². The normalized spacial score (nSPS) is 24.5. The first-order valence-corrected chi connectivity index (χ1v) is 7.62. The van der Waals surface area contributed by atoms with Crippen LogP contribution in [0.5, 0.6) is 0 Å². The fourth-order valence-corrected chi connectivity index (χ4v) is 2.67. The van der Waals surface area contributed by atoms with Gasteiger partial charge in [-0.2, -0.15) is 0 Å². The fourth-order valence-electron chi connectivity index (χ4n) is 2.67. The minimum atomic E-state index is 0.141. The fraction of sp³-hybridized carbons (Fsp3) is 0.938. The molecule has 0 saturated heterocycles. The van der Waals surface area contributed by atoms with Crippen LogP contribution < -0.4 is 10.6 Å². The zero-order chi connectivity index (χ0) is 14.7. The highest BCUT2D eigenvalue weighted by atomic mass is 16.1. The largest absolute Gasteiger partial charge is 0.356 e. The Kier molecular flexibility index (Phi) is 5.43. The smallest absolute Gasteiger partial charge is 0.223 e. The van der Waals surface area contributed by atoms with Gasteiger partial charge in [-0.25, -0.2) is 0 Å². The Bertz CT molecular complexity index is 299. The van der Waals surface area contributed by atoms with Crippen LogP contribution >= 0.6 is 0 Å². The van der Waals surface area contributed by atoms with Gasteiger partial charge in [0, 0.05) is 24.0 Å². The molecular weight excluding hydrogens is 236 g/mol. The summed E-state index contributed by atoms with van der Waals surface area (Å²) in [6.07, 6.45) is 4.16. The molecule has 1 aliphatic rings. The Balaban J connectivity index is 2.28. The lowest BCUT2D eigenvalue weighted by atomic mass is 9.92. The van der Waals surface area contributed by atoms with Crippen LogP contribution in [0.3, 0.4) is 0 Å². The molecule has 0 heterocycles. The van der Waals surface area contributed by atoms with E-state index in [2.05, 4.69) is 52.2 Å². The van der Waals surface area contributed by atoms with Crippen molar-refractivity contribution in [2.24, 2.45) is 11.3 Å². The van der Waals surface area contributed by atoms with Gasteiger partial charge in [-0.15, -0.1) is 0 Å². The lowest BCUT2D eigenvalue weighted by Crippen LogP contribution is -2.43. The van der Waals surface area contributed by atoms with E-state index >= 15 is 0 Å². The molecule has 0 unspecified atom stereocenters. The summed E-state index contributed by atoms with van der Waals surface area (Å²) < 4.78 is 0. The van der Waals surface area contributed by atoms with Gasteiger partial charge in [-0.1, -0.05) is 20.8 Å². The van der Waals surface area contributed by atoms with Gasteiger partial charge in [-0.05, 0) is 51.9 Å². The molecule has 19 heavy (non-hydrogen) atoms. The molecule has 0 aromatic carbocycles. The highest BCUT2D eigenvalue weighted by molar-refractivity contribution is 5.78.